The Hall–Kier alpha value is -2.89. The highest BCUT2D eigenvalue weighted by Crippen LogP contribution is 2.36. The monoisotopic (exact) mass is 548 g/mol. The van der Waals surface area contributed by atoms with E-state index < -0.39 is 22.9 Å². The number of carbonyl (C=O) groups is 2. The number of morpholine rings is 1. The van der Waals surface area contributed by atoms with Crippen LogP contribution in [0.15, 0.2) is 47.5 Å². The van der Waals surface area contributed by atoms with Crippen LogP contribution in [-0.2, 0) is 20.5 Å². The molecule has 4 rings (SSSR count). The van der Waals surface area contributed by atoms with E-state index >= 15 is 0 Å². The van der Waals surface area contributed by atoms with Crippen LogP contribution in [0.2, 0.25) is 0 Å². The van der Waals surface area contributed by atoms with Crippen LogP contribution in [0, 0.1) is 13.8 Å². The Morgan fingerprint density at radius 3 is 2.58 bits per heavy atom. The molecule has 2 amide bonds. The number of carbonyl (C=O) groups excluding carboxylic acids is 2. The molecule has 1 atom stereocenters. The van der Waals surface area contributed by atoms with Crippen LogP contribution in [-0.4, -0.2) is 71.4 Å². The maximum atomic E-state index is 13.4. The number of ether oxygens (including phenoxy) is 1. The summed E-state index contributed by atoms with van der Waals surface area (Å²) in [4.78, 5) is 34.8. The molecule has 0 radical (unpaired) electrons. The third-order valence-corrected chi connectivity index (χ3v) is 7.60. The van der Waals surface area contributed by atoms with Crippen LogP contribution in [0.25, 0.3) is 0 Å². The van der Waals surface area contributed by atoms with Gasteiger partial charge in [0.15, 0.2) is 5.17 Å². The summed E-state index contributed by atoms with van der Waals surface area (Å²) in [5, 5.41) is 2.06. The van der Waals surface area contributed by atoms with Gasteiger partial charge >= 0.3 is 6.18 Å². The third kappa shape index (κ3) is 7.15. The first-order valence-corrected chi connectivity index (χ1v) is 13.4. The Kier molecular flexibility index (Phi) is 9.11. The summed E-state index contributed by atoms with van der Waals surface area (Å²) in [6.07, 6.45) is -4.15. The second-order valence-corrected chi connectivity index (χ2v) is 10.6. The number of thioether (sulfide) groups is 1. The van der Waals surface area contributed by atoms with Gasteiger partial charge in [-0.1, -0.05) is 41.6 Å². The molecule has 2 aromatic carbocycles. The minimum atomic E-state index is -4.61. The van der Waals surface area contributed by atoms with E-state index in [0.29, 0.717) is 24.9 Å². The van der Waals surface area contributed by atoms with Crippen LogP contribution in [0.4, 0.5) is 24.5 Å². The number of aryl methyl sites for hydroxylation is 2. The van der Waals surface area contributed by atoms with Crippen LogP contribution < -0.4 is 5.32 Å². The number of alkyl halides is 3. The molecule has 0 aromatic heterocycles. The number of para-hydroxylation sites is 1. The highest BCUT2D eigenvalue weighted by atomic mass is 32.2. The molecule has 0 saturated carbocycles. The van der Waals surface area contributed by atoms with E-state index in [1.54, 1.807) is 4.90 Å². The van der Waals surface area contributed by atoms with Gasteiger partial charge in [-0.3, -0.25) is 19.4 Å². The number of nitrogens with zero attached hydrogens (tertiary/aromatic N) is 3. The average molecular weight is 549 g/mol. The lowest BCUT2D eigenvalue weighted by atomic mass is 10.1. The number of hydrogen-bond acceptors (Lipinski definition) is 6. The molecule has 38 heavy (non-hydrogen) atoms. The van der Waals surface area contributed by atoms with E-state index in [2.05, 4.69) is 10.2 Å². The van der Waals surface area contributed by atoms with E-state index in [9.17, 15) is 22.8 Å². The molecule has 11 heteroatoms. The second kappa shape index (κ2) is 12.3. The van der Waals surface area contributed by atoms with Crippen molar-refractivity contribution in [2.24, 2.45) is 4.99 Å². The number of anilines is 1. The first-order valence-electron chi connectivity index (χ1n) is 12.5. The van der Waals surface area contributed by atoms with Crippen molar-refractivity contribution in [3.8, 4) is 0 Å². The summed E-state index contributed by atoms with van der Waals surface area (Å²) in [5.41, 5.74) is 1.53. The fourth-order valence-corrected chi connectivity index (χ4v) is 5.63. The van der Waals surface area contributed by atoms with E-state index in [-0.39, 0.29) is 18.0 Å². The van der Waals surface area contributed by atoms with Crippen molar-refractivity contribution in [2.45, 2.75) is 38.1 Å². The summed E-state index contributed by atoms with van der Waals surface area (Å²) in [6, 6.07) is 10.6. The quantitative estimate of drug-likeness (QED) is 0.503. The van der Waals surface area contributed by atoms with Gasteiger partial charge in [-0.25, -0.2) is 4.99 Å². The minimum Gasteiger partial charge on any atom is -0.379 e. The van der Waals surface area contributed by atoms with E-state index in [0.717, 1.165) is 48.9 Å². The number of benzene rings is 2. The van der Waals surface area contributed by atoms with Crippen LogP contribution in [0.3, 0.4) is 0 Å². The number of hydrogen-bond donors (Lipinski definition) is 1. The van der Waals surface area contributed by atoms with Gasteiger partial charge in [0, 0.05) is 32.6 Å². The van der Waals surface area contributed by atoms with Crippen LogP contribution >= 0.6 is 11.8 Å². The molecule has 204 valence electrons. The molecule has 0 bridgehead atoms. The third-order valence-electron chi connectivity index (χ3n) is 6.43. The maximum absolute atomic E-state index is 13.4. The minimum absolute atomic E-state index is 0.262. The molecule has 2 heterocycles. The zero-order valence-electron chi connectivity index (χ0n) is 21.4. The van der Waals surface area contributed by atoms with Gasteiger partial charge in [-0.05, 0) is 44.0 Å². The number of nitrogens with one attached hydrogen (secondary N) is 1. The van der Waals surface area contributed by atoms with E-state index in [1.807, 2.05) is 32.0 Å². The molecule has 1 N–H and O–H groups in total. The normalized spacial score (nSPS) is 19.8. The molecule has 7 nitrogen and oxygen atoms in total. The number of amides is 2. The number of rotatable bonds is 8. The summed E-state index contributed by atoms with van der Waals surface area (Å²) in [6.45, 7) is 8.22. The van der Waals surface area contributed by atoms with E-state index in [4.69, 9.17) is 9.73 Å². The first-order chi connectivity index (χ1) is 18.1. The highest BCUT2D eigenvalue weighted by Gasteiger charge is 2.40. The highest BCUT2D eigenvalue weighted by molar-refractivity contribution is 8.15. The Morgan fingerprint density at radius 1 is 1.13 bits per heavy atom. The predicted molar refractivity (Wildman–Crippen MR) is 143 cm³/mol. The summed E-state index contributed by atoms with van der Waals surface area (Å²) in [5.74, 6) is -0.923. The summed E-state index contributed by atoms with van der Waals surface area (Å²) >= 11 is 1.18. The van der Waals surface area contributed by atoms with Crippen molar-refractivity contribution >= 4 is 40.1 Å². The maximum Gasteiger partial charge on any atom is 0.418 e. The molecule has 2 fully saturated rings. The zero-order valence-corrected chi connectivity index (χ0v) is 22.2. The lowest BCUT2D eigenvalue weighted by molar-refractivity contribution is -0.137. The van der Waals surface area contributed by atoms with Crippen LogP contribution in [0.1, 0.15) is 29.5 Å². The van der Waals surface area contributed by atoms with E-state index in [1.165, 1.54) is 30.0 Å². The zero-order chi connectivity index (χ0) is 27.3. The van der Waals surface area contributed by atoms with Gasteiger partial charge < -0.3 is 10.1 Å². The number of aliphatic imine (C=N–C) groups is 1. The predicted octanol–water partition coefficient (Wildman–Crippen LogP) is 5.00. The lowest BCUT2D eigenvalue weighted by Gasteiger charge is -2.27. The van der Waals surface area contributed by atoms with Crippen molar-refractivity contribution in [2.75, 3.05) is 44.7 Å². The number of halogens is 3. The Balaban J connectivity index is 1.48. The smallest absolute Gasteiger partial charge is 0.379 e. The summed E-state index contributed by atoms with van der Waals surface area (Å²) < 4.78 is 45.4. The Labute approximate surface area is 224 Å². The van der Waals surface area contributed by atoms with Gasteiger partial charge in [0.05, 0.1) is 30.2 Å². The van der Waals surface area contributed by atoms with Gasteiger partial charge in [0.1, 0.15) is 5.25 Å². The van der Waals surface area contributed by atoms with Gasteiger partial charge in [-0.2, -0.15) is 13.2 Å². The standard InChI is InChI=1S/C27H31F3N4O3S/c1-18-8-9-21(19(2)16-18)32-26-34(11-5-10-33-12-14-37-15-13-33)25(36)23(38-26)17-24(35)31-22-7-4-3-6-20(22)27(28,29)30/h3-4,6-9,16,23H,5,10-15,17H2,1-2H3,(H,31,35). The molecule has 1 unspecified atom stereocenters. The van der Waals surface area contributed by atoms with Crippen LogP contribution in [0.5, 0.6) is 0 Å². The topological polar surface area (TPSA) is 74.2 Å². The van der Waals surface area contributed by atoms with Crippen molar-refractivity contribution in [1.82, 2.24) is 9.80 Å². The fraction of sp³-hybridized carbons (Fsp3) is 0.444. The van der Waals surface area contributed by atoms with Gasteiger partial charge in [-0.15, -0.1) is 0 Å². The van der Waals surface area contributed by atoms with Crippen molar-refractivity contribution < 1.29 is 27.5 Å². The molecule has 2 aliphatic heterocycles. The number of amidine groups is 1. The van der Waals surface area contributed by atoms with Gasteiger partial charge in [0.2, 0.25) is 11.8 Å². The molecular formula is C27H31F3N4O3S. The molecular weight excluding hydrogens is 517 g/mol. The van der Waals surface area contributed by atoms with Gasteiger partial charge in [0.25, 0.3) is 0 Å². The molecule has 2 saturated heterocycles. The molecule has 0 aliphatic carbocycles. The fourth-order valence-electron chi connectivity index (χ4n) is 4.45. The van der Waals surface area contributed by atoms with Crippen molar-refractivity contribution in [1.29, 1.82) is 0 Å². The Morgan fingerprint density at radius 2 is 1.87 bits per heavy atom. The molecule has 2 aliphatic rings. The largest absolute Gasteiger partial charge is 0.418 e. The first kappa shape index (κ1) is 28.1. The molecule has 0 spiro atoms. The van der Waals surface area contributed by atoms with Crippen molar-refractivity contribution in [3.63, 3.8) is 0 Å². The van der Waals surface area contributed by atoms with Crippen molar-refractivity contribution in [3.05, 3.63) is 59.2 Å². The Bertz CT molecular complexity index is 1200. The average Bonchev–Trinajstić information content (AvgIpc) is 3.15. The second-order valence-electron chi connectivity index (χ2n) is 9.38. The lowest BCUT2D eigenvalue weighted by Crippen LogP contribution is -2.39. The SMILES string of the molecule is Cc1ccc(N=C2SC(CC(=O)Nc3ccccc3C(F)(F)F)C(=O)N2CCCN2CCOCC2)c(C)c1. The summed E-state index contributed by atoms with van der Waals surface area (Å²) in [7, 11) is 0. The molecule has 2 aromatic rings.